The molecule has 1 rings (SSSR count). The van der Waals surface area contributed by atoms with Gasteiger partial charge in [-0.25, -0.2) is 13.1 Å². The maximum Gasteiger partial charge on any atom is 0.250 e. The second-order valence-electron chi connectivity index (χ2n) is 3.34. The van der Waals surface area contributed by atoms with Gasteiger partial charge in [-0.15, -0.1) is 11.3 Å². The van der Waals surface area contributed by atoms with E-state index in [0.717, 1.165) is 22.6 Å². The van der Waals surface area contributed by atoms with E-state index in [4.69, 9.17) is 10.8 Å². The van der Waals surface area contributed by atoms with Gasteiger partial charge in [-0.2, -0.15) is 0 Å². The first-order valence-corrected chi connectivity index (χ1v) is 7.22. The molecule has 1 atom stereocenters. The van der Waals surface area contributed by atoms with Crippen LogP contribution in [0.2, 0.25) is 0 Å². The lowest BCUT2D eigenvalue weighted by molar-refractivity contribution is -0.125. The molecule has 0 aliphatic carbocycles. The van der Waals surface area contributed by atoms with Crippen LogP contribution in [-0.2, 0) is 21.2 Å². The van der Waals surface area contributed by atoms with E-state index in [-0.39, 0.29) is 4.21 Å². The zero-order chi connectivity index (χ0) is 13.1. The number of hydrogen-bond donors (Lipinski definition) is 3. The predicted molar refractivity (Wildman–Crippen MR) is 64.1 cm³/mol. The summed E-state index contributed by atoms with van der Waals surface area (Å²) in [5.41, 5.74) is 4.81. The molecule has 1 aromatic heterocycles. The molecule has 0 aliphatic heterocycles. The second-order valence-corrected chi connectivity index (χ2v) is 6.51. The fourth-order valence-electron chi connectivity index (χ4n) is 1.05. The molecule has 0 fully saturated rings. The molecule has 0 aliphatic rings. The fourth-order valence-corrected chi connectivity index (χ4v) is 3.43. The zero-order valence-corrected chi connectivity index (χ0v) is 10.8. The summed E-state index contributed by atoms with van der Waals surface area (Å²) < 4.78 is 25.7. The van der Waals surface area contributed by atoms with Crippen LogP contribution in [0, 0.1) is 0 Å². The molecule has 0 saturated heterocycles. The van der Waals surface area contributed by atoms with E-state index in [1.807, 2.05) is 6.92 Å². The summed E-state index contributed by atoms with van der Waals surface area (Å²) in [6.45, 7) is 1.50. The van der Waals surface area contributed by atoms with Crippen LogP contribution in [0.4, 0.5) is 0 Å². The minimum absolute atomic E-state index is 0.158. The third-order valence-corrected chi connectivity index (χ3v) is 5.19. The number of carbonyl (C=O) groups excluding carboxylic acids is 1. The Morgan fingerprint density at radius 1 is 1.59 bits per heavy atom. The normalized spacial score (nSPS) is 13.5. The first kappa shape index (κ1) is 14.1. The largest absolute Gasteiger partial charge is 0.382 e. The Morgan fingerprint density at radius 3 is 2.71 bits per heavy atom. The summed E-state index contributed by atoms with van der Waals surface area (Å²) >= 11 is 1.15. The smallest absolute Gasteiger partial charge is 0.250 e. The molecule has 96 valence electrons. The molecule has 4 N–H and O–H groups in total. The summed E-state index contributed by atoms with van der Waals surface area (Å²) in [4.78, 5) is 11.5. The highest BCUT2D eigenvalue weighted by molar-refractivity contribution is 7.91. The van der Waals surface area contributed by atoms with Gasteiger partial charge >= 0.3 is 0 Å². The minimum atomic E-state index is -3.68. The Balaban J connectivity index is 2.72. The predicted octanol–water partition coefficient (Wildman–Crippen LogP) is -0.565. The number of carbonyl (C=O) groups is 1. The number of aliphatic hydroxyl groups excluding tert-OH is 1. The highest BCUT2D eigenvalue weighted by atomic mass is 32.2. The topological polar surface area (TPSA) is 109 Å². The number of aliphatic hydroxyl groups is 1. The third kappa shape index (κ3) is 3.77. The van der Waals surface area contributed by atoms with Crippen LogP contribution >= 0.6 is 11.3 Å². The molecule has 6 nitrogen and oxygen atoms in total. The molecule has 1 amide bonds. The Bertz CT molecular complexity index is 495. The van der Waals surface area contributed by atoms with Gasteiger partial charge in [0.25, 0.3) is 0 Å². The second kappa shape index (κ2) is 5.58. The number of aryl methyl sites for hydroxylation is 1. The highest BCUT2D eigenvalue weighted by Gasteiger charge is 2.19. The van der Waals surface area contributed by atoms with Gasteiger partial charge in [-0.1, -0.05) is 6.92 Å². The molecule has 1 heterocycles. The molecule has 0 aromatic carbocycles. The van der Waals surface area contributed by atoms with Crippen molar-refractivity contribution in [1.82, 2.24) is 4.72 Å². The van der Waals surface area contributed by atoms with Gasteiger partial charge in [0.1, 0.15) is 10.3 Å². The molecule has 0 saturated carbocycles. The van der Waals surface area contributed by atoms with Crippen LogP contribution in [0.3, 0.4) is 0 Å². The van der Waals surface area contributed by atoms with Crippen molar-refractivity contribution >= 4 is 27.3 Å². The number of hydrogen-bond acceptors (Lipinski definition) is 5. The van der Waals surface area contributed by atoms with Crippen molar-refractivity contribution < 1.29 is 18.3 Å². The molecule has 8 heteroatoms. The average molecular weight is 278 g/mol. The van der Waals surface area contributed by atoms with Gasteiger partial charge in [-0.3, -0.25) is 4.79 Å². The van der Waals surface area contributed by atoms with Crippen molar-refractivity contribution in [3.05, 3.63) is 17.0 Å². The SMILES string of the molecule is CCc1ccc(S(=O)(=O)NCC(O)C(N)=O)s1. The number of sulfonamides is 1. The Labute approximate surface area is 104 Å². The van der Waals surface area contributed by atoms with Gasteiger partial charge in [0.2, 0.25) is 15.9 Å². The first-order chi connectivity index (χ1) is 7.86. The third-order valence-electron chi connectivity index (χ3n) is 2.05. The standard InChI is InChI=1S/C9H14N2O4S2/c1-2-6-3-4-8(16-6)17(14,15)11-5-7(12)9(10)13/h3-4,7,11-12H,2,5H2,1H3,(H2,10,13). The van der Waals surface area contributed by atoms with Crippen LogP contribution < -0.4 is 10.5 Å². The van der Waals surface area contributed by atoms with E-state index in [9.17, 15) is 13.2 Å². The quantitative estimate of drug-likeness (QED) is 0.647. The maximum absolute atomic E-state index is 11.7. The Hall–Kier alpha value is -0.960. The average Bonchev–Trinajstić information content (AvgIpc) is 2.75. The molecule has 0 radical (unpaired) electrons. The molecule has 0 spiro atoms. The van der Waals surface area contributed by atoms with Crippen molar-refractivity contribution in [3.8, 4) is 0 Å². The molecule has 1 aromatic rings. The number of amides is 1. The van der Waals surface area contributed by atoms with Gasteiger partial charge in [0.15, 0.2) is 0 Å². The van der Waals surface area contributed by atoms with E-state index < -0.39 is 28.6 Å². The molecule has 1 unspecified atom stereocenters. The van der Waals surface area contributed by atoms with E-state index >= 15 is 0 Å². The lowest BCUT2D eigenvalue weighted by atomic mass is 10.3. The van der Waals surface area contributed by atoms with Gasteiger partial charge < -0.3 is 10.8 Å². The van der Waals surface area contributed by atoms with Crippen LogP contribution in [0.15, 0.2) is 16.3 Å². The number of thiophene rings is 1. The van der Waals surface area contributed by atoms with Crippen molar-refractivity contribution in [2.24, 2.45) is 5.73 Å². The van der Waals surface area contributed by atoms with Gasteiger partial charge in [-0.05, 0) is 18.6 Å². The van der Waals surface area contributed by atoms with Crippen molar-refractivity contribution in [2.75, 3.05) is 6.54 Å². The van der Waals surface area contributed by atoms with Crippen molar-refractivity contribution in [1.29, 1.82) is 0 Å². The van der Waals surface area contributed by atoms with E-state index in [0.29, 0.717) is 0 Å². The van der Waals surface area contributed by atoms with Gasteiger partial charge in [0, 0.05) is 11.4 Å². The fraction of sp³-hybridized carbons (Fsp3) is 0.444. The summed E-state index contributed by atoms with van der Waals surface area (Å²) in [5, 5.41) is 9.09. The summed E-state index contributed by atoms with van der Waals surface area (Å²) in [6, 6.07) is 3.21. The Morgan fingerprint density at radius 2 is 2.24 bits per heavy atom. The summed E-state index contributed by atoms with van der Waals surface area (Å²) in [7, 11) is -3.68. The number of primary amides is 1. The van der Waals surface area contributed by atoms with Crippen molar-refractivity contribution in [2.45, 2.75) is 23.7 Å². The molecule has 0 bridgehead atoms. The van der Waals surface area contributed by atoms with Crippen LogP contribution in [0.25, 0.3) is 0 Å². The number of rotatable bonds is 6. The summed E-state index contributed by atoms with van der Waals surface area (Å²) in [5.74, 6) is -0.965. The Kier molecular flexibility index (Phi) is 4.63. The zero-order valence-electron chi connectivity index (χ0n) is 9.21. The molecular formula is C9H14N2O4S2. The van der Waals surface area contributed by atoms with Crippen LogP contribution in [0.1, 0.15) is 11.8 Å². The number of nitrogens with one attached hydrogen (secondary N) is 1. The van der Waals surface area contributed by atoms with Gasteiger partial charge in [0.05, 0.1) is 0 Å². The van der Waals surface area contributed by atoms with Crippen molar-refractivity contribution in [3.63, 3.8) is 0 Å². The van der Waals surface area contributed by atoms with E-state index in [1.54, 1.807) is 6.07 Å². The lowest BCUT2D eigenvalue weighted by Crippen LogP contribution is -2.39. The lowest BCUT2D eigenvalue weighted by Gasteiger charge is -2.07. The van der Waals surface area contributed by atoms with E-state index in [1.165, 1.54) is 6.07 Å². The van der Waals surface area contributed by atoms with Crippen LogP contribution in [0.5, 0.6) is 0 Å². The minimum Gasteiger partial charge on any atom is -0.382 e. The highest BCUT2D eigenvalue weighted by Crippen LogP contribution is 2.21. The van der Waals surface area contributed by atoms with E-state index in [2.05, 4.69) is 4.72 Å². The maximum atomic E-state index is 11.7. The summed E-state index contributed by atoms with van der Waals surface area (Å²) in [6.07, 6.45) is -0.764. The molecular weight excluding hydrogens is 264 g/mol. The van der Waals surface area contributed by atoms with Crippen LogP contribution in [-0.4, -0.2) is 32.1 Å². The molecule has 17 heavy (non-hydrogen) atoms. The number of nitrogens with two attached hydrogens (primary N) is 1. The monoisotopic (exact) mass is 278 g/mol. The first-order valence-electron chi connectivity index (χ1n) is 4.92.